The molecule has 0 aromatic heterocycles. The number of Topliss-reactive ketones (excluding diaryl/α,β-unsaturated/α-hetero) is 2. The molecule has 0 aliphatic carbocycles. The van der Waals surface area contributed by atoms with Crippen molar-refractivity contribution in [2.45, 2.75) is 26.7 Å². The third-order valence-electron chi connectivity index (χ3n) is 5.19. The lowest BCUT2D eigenvalue weighted by atomic mass is 9.88. The highest BCUT2D eigenvalue weighted by atomic mass is 16.1. The Morgan fingerprint density at radius 2 is 1.50 bits per heavy atom. The first kappa shape index (κ1) is 20.0. The van der Waals surface area contributed by atoms with Crippen molar-refractivity contribution in [2.24, 2.45) is 5.92 Å². The Kier molecular flexibility index (Phi) is 6.37. The molecule has 1 aliphatic rings. The molecule has 2 aromatic rings. The van der Waals surface area contributed by atoms with Crippen LogP contribution in [-0.4, -0.2) is 42.0 Å². The summed E-state index contributed by atoms with van der Waals surface area (Å²) in [6.07, 6.45) is 1.51. The first-order valence-electron chi connectivity index (χ1n) is 9.66. The van der Waals surface area contributed by atoms with Crippen LogP contribution in [0.3, 0.4) is 0 Å². The van der Waals surface area contributed by atoms with Crippen LogP contribution in [0.1, 0.15) is 46.0 Å². The fourth-order valence-electron chi connectivity index (χ4n) is 3.54. The zero-order chi connectivity index (χ0) is 20.1. The van der Waals surface area contributed by atoms with Crippen molar-refractivity contribution in [1.29, 1.82) is 0 Å². The van der Waals surface area contributed by atoms with Gasteiger partial charge in [-0.2, -0.15) is 0 Å². The van der Waals surface area contributed by atoms with Gasteiger partial charge in [0, 0.05) is 29.7 Å². The molecule has 1 fully saturated rings. The number of carbonyl (C=O) groups excluding carboxylic acids is 3. The van der Waals surface area contributed by atoms with E-state index in [1.807, 2.05) is 31.2 Å². The van der Waals surface area contributed by atoms with Crippen molar-refractivity contribution in [1.82, 2.24) is 4.90 Å². The Morgan fingerprint density at radius 3 is 2.07 bits per heavy atom. The van der Waals surface area contributed by atoms with Crippen LogP contribution < -0.4 is 5.32 Å². The summed E-state index contributed by atoms with van der Waals surface area (Å²) in [6, 6.07) is 14.7. The smallest absolute Gasteiger partial charge is 0.221 e. The molecule has 1 amide bonds. The van der Waals surface area contributed by atoms with Gasteiger partial charge < -0.3 is 5.32 Å². The Morgan fingerprint density at radius 1 is 0.929 bits per heavy atom. The third-order valence-corrected chi connectivity index (χ3v) is 5.19. The van der Waals surface area contributed by atoms with Gasteiger partial charge in [-0.3, -0.25) is 19.3 Å². The summed E-state index contributed by atoms with van der Waals surface area (Å²) in [6.45, 7) is 5.35. The predicted octanol–water partition coefficient (Wildman–Crippen LogP) is 3.73. The maximum atomic E-state index is 12.7. The van der Waals surface area contributed by atoms with E-state index in [1.54, 1.807) is 24.3 Å². The van der Waals surface area contributed by atoms with E-state index in [1.165, 1.54) is 6.92 Å². The molecule has 28 heavy (non-hydrogen) atoms. The first-order chi connectivity index (χ1) is 13.4. The molecule has 1 N–H and O–H groups in total. The van der Waals surface area contributed by atoms with Crippen molar-refractivity contribution < 1.29 is 14.4 Å². The Labute approximate surface area is 165 Å². The fourth-order valence-corrected chi connectivity index (χ4v) is 3.54. The Balaban J connectivity index is 1.51. The number of ketones is 2. The summed E-state index contributed by atoms with van der Waals surface area (Å²) in [5.41, 5.74) is 3.24. The monoisotopic (exact) mass is 378 g/mol. The average Bonchev–Trinajstić information content (AvgIpc) is 2.68. The van der Waals surface area contributed by atoms with Crippen LogP contribution in [0, 0.1) is 12.8 Å². The van der Waals surface area contributed by atoms with Crippen LogP contribution in [0.2, 0.25) is 0 Å². The number of nitrogens with one attached hydrogen (secondary N) is 1. The van der Waals surface area contributed by atoms with Gasteiger partial charge in [0.1, 0.15) is 0 Å². The summed E-state index contributed by atoms with van der Waals surface area (Å²) < 4.78 is 0. The lowest BCUT2D eigenvalue weighted by Gasteiger charge is -2.30. The second kappa shape index (κ2) is 8.93. The minimum Gasteiger partial charge on any atom is -0.326 e. The van der Waals surface area contributed by atoms with E-state index in [4.69, 9.17) is 0 Å². The molecule has 0 bridgehead atoms. The number of anilines is 1. The fraction of sp³-hybridized carbons (Fsp3) is 0.348. The molecule has 0 saturated carbocycles. The van der Waals surface area contributed by atoms with Crippen LogP contribution in [0.4, 0.5) is 5.69 Å². The molecule has 5 heteroatoms. The van der Waals surface area contributed by atoms with Crippen molar-refractivity contribution in [3.63, 3.8) is 0 Å². The molecule has 0 spiro atoms. The van der Waals surface area contributed by atoms with Crippen LogP contribution in [0.15, 0.2) is 48.5 Å². The number of nitrogens with zero attached hydrogens (tertiary/aromatic N) is 1. The van der Waals surface area contributed by atoms with Gasteiger partial charge in [0.25, 0.3) is 0 Å². The molecule has 1 aliphatic heterocycles. The quantitative estimate of drug-likeness (QED) is 0.778. The van der Waals surface area contributed by atoms with Crippen molar-refractivity contribution in [3.8, 4) is 0 Å². The van der Waals surface area contributed by atoms with Gasteiger partial charge in [-0.25, -0.2) is 0 Å². The second-order valence-electron chi connectivity index (χ2n) is 7.46. The molecule has 0 unspecified atom stereocenters. The maximum absolute atomic E-state index is 12.7. The van der Waals surface area contributed by atoms with Gasteiger partial charge in [0.15, 0.2) is 11.6 Å². The molecule has 2 aromatic carbocycles. The third kappa shape index (κ3) is 5.14. The second-order valence-corrected chi connectivity index (χ2v) is 7.46. The average molecular weight is 378 g/mol. The number of hydrogen-bond acceptors (Lipinski definition) is 4. The number of amides is 1. The highest BCUT2D eigenvalue weighted by molar-refractivity contribution is 5.99. The van der Waals surface area contributed by atoms with E-state index < -0.39 is 0 Å². The van der Waals surface area contributed by atoms with E-state index in [-0.39, 0.29) is 23.4 Å². The highest BCUT2D eigenvalue weighted by Crippen LogP contribution is 2.23. The van der Waals surface area contributed by atoms with Crippen LogP contribution in [0.25, 0.3) is 0 Å². The molecule has 3 rings (SSSR count). The topological polar surface area (TPSA) is 66.5 Å². The van der Waals surface area contributed by atoms with Gasteiger partial charge in [-0.15, -0.1) is 0 Å². The molecule has 0 radical (unpaired) electrons. The SMILES string of the molecule is CC(=O)Nc1ccc(C(=O)C2CCN(CC(=O)c3ccc(C)cc3)CC2)cc1. The number of benzene rings is 2. The van der Waals surface area contributed by atoms with Crippen LogP contribution >= 0.6 is 0 Å². The normalized spacial score (nSPS) is 15.2. The minimum atomic E-state index is -0.133. The van der Waals surface area contributed by atoms with Gasteiger partial charge in [-0.05, 0) is 57.1 Å². The number of aryl methyl sites for hydroxylation is 1. The summed E-state index contributed by atoms with van der Waals surface area (Å²) in [7, 11) is 0. The van der Waals surface area contributed by atoms with Crippen molar-refractivity contribution in [3.05, 3.63) is 65.2 Å². The van der Waals surface area contributed by atoms with Gasteiger partial charge in [0.2, 0.25) is 5.91 Å². The molecular formula is C23H26N2O3. The largest absolute Gasteiger partial charge is 0.326 e. The van der Waals surface area contributed by atoms with Crippen LogP contribution in [0.5, 0.6) is 0 Å². The summed E-state index contributed by atoms with van der Waals surface area (Å²) >= 11 is 0. The number of carbonyl (C=O) groups is 3. The van der Waals surface area contributed by atoms with Gasteiger partial charge in [0.05, 0.1) is 6.54 Å². The number of likely N-dealkylation sites (tertiary alicyclic amines) is 1. The summed E-state index contributed by atoms with van der Waals surface area (Å²) in [5.74, 6) is 0.112. The lowest BCUT2D eigenvalue weighted by molar-refractivity contribution is -0.114. The maximum Gasteiger partial charge on any atom is 0.221 e. The highest BCUT2D eigenvalue weighted by Gasteiger charge is 2.26. The lowest BCUT2D eigenvalue weighted by Crippen LogP contribution is -2.39. The summed E-state index contributed by atoms with van der Waals surface area (Å²) in [5, 5.41) is 2.70. The zero-order valence-corrected chi connectivity index (χ0v) is 16.4. The van der Waals surface area contributed by atoms with E-state index >= 15 is 0 Å². The van der Waals surface area contributed by atoms with Crippen LogP contribution in [-0.2, 0) is 4.79 Å². The predicted molar refractivity (Wildman–Crippen MR) is 110 cm³/mol. The molecule has 5 nitrogen and oxygen atoms in total. The molecular weight excluding hydrogens is 352 g/mol. The standard InChI is InChI=1S/C23H26N2O3/c1-16-3-5-18(6-4-16)22(27)15-25-13-11-20(12-14-25)23(28)19-7-9-21(10-8-19)24-17(2)26/h3-10,20H,11-15H2,1-2H3,(H,24,26). The first-order valence-corrected chi connectivity index (χ1v) is 9.66. The van der Waals surface area contributed by atoms with Crippen molar-refractivity contribution >= 4 is 23.2 Å². The molecule has 0 atom stereocenters. The minimum absolute atomic E-state index is 0.0163. The molecule has 1 saturated heterocycles. The number of piperidine rings is 1. The van der Waals surface area contributed by atoms with Gasteiger partial charge in [-0.1, -0.05) is 29.8 Å². The van der Waals surface area contributed by atoms with E-state index in [2.05, 4.69) is 10.2 Å². The molecule has 1 heterocycles. The molecule has 146 valence electrons. The van der Waals surface area contributed by atoms with E-state index in [0.29, 0.717) is 17.8 Å². The number of hydrogen-bond donors (Lipinski definition) is 1. The number of rotatable bonds is 6. The van der Waals surface area contributed by atoms with E-state index in [0.717, 1.165) is 37.1 Å². The Bertz CT molecular complexity index is 848. The van der Waals surface area contributed by atoms with E-state index in [9.17, 15) is 14.4 Å². The zero-order valence-electron chi connectivity index (χ0n) is 16.4. The summed E-state index contributed by atoms with van der Waals surface area (Å²) in [4.78, 5) is 38.4. The Hall–Kier alpha value is -2.79. The van der Waals surface area contributed by atoms with Crippen molar-refractivity contribution in [2.75, 3.05) is 25.0 Å². The van der Waals surface area contributed by atoms with Gasteiger partial charge >= 0.3 is 0 Å².